The number of aromatic nitrogens is 2. The highest BCUT2D eigenvalue weighted by Gasteiger charge is 2.51. The first-order chi connectivity index (χ1) is 11.4. The quantitative estimate of drug-likeness (QED) is 0.807. The Morgan fingerprint density at radius 3 is 2.88 bits per heavy atom. The number of imide groups is 1. The fourth-order valence-corrected chi connectivity index (χ4v) is 3.59. The molecule has 0 bridgehead atoms. The molecule has 3 heterocycles. The summed E-state index contributed by atoms with van der Waals surface area (Å²) < 4.78 is 1.76. The maximum Gasteiger partial charge on any atom is 0.324 e. The van der Waals surface area contributed by atoms with Crippen molar-refractivity contribution in [3.8, 4) is 6.07 Å². The van der Waals surface area contributed by atoms with Gasteiger partial charge in [0.25, 0.3) is 5.91 Å². The fourth-order valence-electron chi connectivity index (χ4n) is 3.59. The van der Waals surface area contributed by atoms with Gasteiger partial charge in [-0.2, -0.15) is 10.4 Å². The number of amides is 3. The van der Waals surface area contributed by atoms with Gasteiger partial charge in [-0.15, -0.1) is 0 Å². The molecule has 0 aliphatic carbocycles. The number of carbonyl (C=O) groups excluding carboxylic acids is 2. The van der Waals surface area contributed by atoms with E-state index in [4.69, 9.17) is 5.26 Å². The lowest BCUT2D eigenvalue weighted by Gasteiger charge is -2.39. The maximum absolute atomic E-state index is 12.4. The number of piperidine rings is 1. The summed E-state index contributed by atoms with van der Waals surface area (Å²) >= 11 is 0. The second kappa shape index (κ2) is 6.24. The highest BCUT2D eigenvalue weighted by molar-refractivity contribution is 6.06. The summed E-state index contributed by atoms with van der Waals surface area (Å²) in [5.74, 6) is -0.0509. The van der Waals surface area contributed by atoms with Crippen LogP contribution in [0.5, 0.6) is 0 Å². The molecule has 8 nitrogen and oxygen atoms in total. The number of likely N-dealkylation sites (tertiary alicyclic amines) is 1. The van der Waals surface area contributed by atoms with Crippen LogP contribution in [0.1, 0.15) is 25.3 Å². The Hall–Kier alpha value is -2.40. The van der Waals surface area contributed by atoms with Crippen LogP contribution >= 0.6 is 0 Å². The molecule has 0 unspecified atom stereocenters. The Labute approximate surface area is 141 Å². The SMILES string of the molecule is CN1C(=O)N[C@](C)([C@H]2CCCN(CCn3cc(C#N)cn3)C2)C1=O. The highest BCUT2D eigenvalue weighted by atomic mass is 16.2. The predicted octanol–water partition coefficient (Wildman–Crippen LogP) is 0.407. The van der Waals surface area contributed by atoms with E-state index >= 15 is 0 Å². The highest BCUT2D eigenvalue weighted by Crippen LogP contribution is 2.31. The van der Waals surface area contributed by atoms with Gasteiger partial charge in [0.05, 0.1) is 18.3 Å². The molecule has 1 aromatic heterocycles. The number of likely N-dealkylation sites (N-methyl/N-ethyl adjacent to an activating group) is 1. The van der Waals surface area contributed by atoms with E-state index in [2.05, 4.69) is 21.4 Å². The molecule has 128 valence electrons. The summed E-state index contributed by atoms with van der Waals surface area (Å²) in [6.07, 6.45) is 5.21. The Balaban J connectivity index is 1.61. The van der Waals surface area contributed by atoms with Gasteiger partial charge in [-0.05, 0) is 26.3 Å². The van der Waals surface area contributed by atoms with E-state index in [1.165, 1.54) is 11.9 Å². The minimum Gasteiger partial charge on any atom is -0.323 e. The van der Waals surface area contributed by atoms with Crippen LogP contribution in [0.4, 0.5) is 4.79 Å². The molecule has 2 saturated heterocycles. The molecule has 3 amide bonds. The van der Waals surface area contributed by atoms with Crippen LogP contribution in [0.2, 0.25) is 0 Å². The molecule has 0 radical (unpaired) electrons. The number of nitriles is 1. The molecule has 1 N–H and O–H groups in total. The molecular weight excluding hydrogens is 308 g/mol. The topological polar surface area (TPSA) is 94.3 Å². The van der Waals surface area contributed by atoms with Crippen molar-refractivity contribution in [1.29, 1.82) is 5.26 Å². The van der Waals surface area contributed by atoms with Crippen LogP contribution in [0.25, 0.3) is 0 Å². The van der Waals surface area contributed by atoms with E-state index in [9.17, 15) is 9.59 Å². The lowest BCUT2D eigenvalue weighted by Crippen LogP contribution is -2.56. The second-order valence-corrected chi connectivity index (χ2v) is 6.74. The Morgan fingerprint density at radius 1 is 1.46 bits per heavy atom. The fraction of sp³-hybridized carbons (Fsp3) is 0.625. The number of carbonyl (C=O) groups is 2. The maximum atomic E-state index is 12.4. The van der Waals surface area contributed by atoms with Crippen molar-refractivity contribution in [2.45, 2.75) is 31.8 Å². The molecule has 2 aliphatic rings. The van der Waals surface area contributed by atoms with E-state index in [1.54, 1.807) is 17.1 Å². The molecule has 24 heavy (non-hydrogen) atoms. The second-order valence-electron chi connectivity index (χ2n) is 6.74. The van der Waals surface area contributed by atoms with Crippen LogP contribution in [0.3, 0.4) is 0 Å². The molecule has 8 heteroatoms. The van der Waals surface area contributed by atoms with Crippen molar-refractivity contribution in [2.24, 2.45) is 5.92 Å². The summed E-state index contributed by atoms with van der Waals surface area (Å²) in [6, 6.07) is 1.75. The molecule has 2 fully saturated rings. The smallest absolute Gasteiger partial charge is 0.323 e. The predicted molar refractivity (Wildman–Crippen MR) is 85.8 cm³/mol. The zero-order chi connectivity index (χ0) is 17.3. The van der Waals surface area contributed by atoms with Crippen molar-refractivity contribution in [3.63, 3.8) is 0 Å². The third-order valence-electron chi connectivity index (χ3n) is 5.15. The van der Waals surface area contributed by atoms with Crippen LogP contribution in [0.15, 0.2) is 12.4 Å². The van der Waals surface area contributed by atoms with E-state index in [-0.39, 0.29) is 17.9 Å². The number of hydrogen-bond donors (Lipinski definition) is 1. The monoisotopic (exact) mass is 330 g/mol. The van der Waals surface area contributed by atoms with Crippen molar-refractivity contribution in [2.75, 3.05) is 26.7 Å². The molecule has 3 rings (SSSR count). The summed E-state index contributed by atoms with van der Waals surface area (Å²) in [4.78, 5) is 27.7. The van der Waals surface area contributed by atoms with Gasteiger partial charge in [-0.1, -0.05) is 0 Å². The number of nitrogens with one attached hydrogen (secondary N) is 1. The summed E-state index contributed by atoms with van der Waals surface area (Å²) in [5, 5.41) is 15.9. The third kappa shape index (κ3) is 2.87. The van der Waals surface area contributed by atoms with Crippen molar-refractivity contribution >= 4 is 11.9 Å². The Bertz CT molecular complexity index is 693. The summed E-state index contributed by atoms with van der Waals surface area (Å²) in [6.45, 7) is 5.07. The number of nitrogens with zero attached hydrogens (tertiary/aromatic N) is 5. The lowest BCUT2D eigenvalue weighted by atomic mass is 9.80. The first kappa shape index (κ1) is 16.5. The molecule has 0 aromatic carbocycles. The first-order valence-electron chi connectivity index (χ1n) is 8.19. The van der Waals surface area contributed by atoms with Gasteiger partial charge in [-0.3, -0.25) is 14.4 Å². The zero-order valence-corrected chi connectivity index (χ0v) is 14.0. The summed E-state index contributed by atoms with van der Waals surface area (Å²) in [7, 11) is 1.52. The van der Waals surface area contributed by atoms with Gasteiger partial charge in [0, 0.05) is 32.3 Å². The van der Waals surface area contributed by atoms with E-state index in [0.29, 0.717) is 12.1 Å². The standard InChI is InChI=1S/C16H22N6O2/c1-16(14(23)20(2)15(24)19-16)13-4-3-5-21(11-13)6-7-22-10-12(8-17)9-18-22/h9-10,13H,3-7,11H2,1-2H3,(H,19,24)/t13-,16+/m0/s1. The van der Waals surface area contributed by atoms with E-state index in [1.807, 2.05) is 6.92 Å². The molecule has 0 spiro atoms. The van der Waals surface area contributed by atoms with Crippen LogP contribution in [0, 0.1) is 17.2 Å². The van der Waals surface area contributed by atoms with Crippen LogP contribution in [-0.4, -0.2) is 63.7 Å². The van der Waals surface area contributed by atoms with Crippen molar-refractivity contribution < 1.29 is 9.59 Å². The number of hydrogen-bond acceptors (Lipinski definition) is 5. The van der Waals surface area contributed by atoms with E-state index < -0.39 is 5.54 Å². The molecule has 2 atom stereocenters. The average Bonchev–Trinajstić information content (AvgIpc) is 3.13. The molecule has 1 aromatic rings. The van der Waals surface area contributed by atoms with Gasteiger partial charge in [0.1, 0.15) is 11.6 Å². The molecular formula is C16H22N6O2. The van der Waals surface area contributed by atoms with Gasteiger partial charge < -0.3 is 10.2 Å². The van der Waals surface area contributed by atoms with Gasteiger partial charge >= 0.3 is 6.03 Å². The average molecular weight is 330 g/mol. The largest absolute Gasteiger partial charge is 0.324 e. The van der Waals surface area contributed by atoms with Crippen LogP contribution in [-0.2, 0) is 11.3 Å². The third-order valence-corrected chi connectivity index (χ3v) is 5.15. The molecule has 0 saturated carbocycles. The lowest BCUT2D eigenvalue weighted by molar-refractivity contribution is -0.132. The normalized spacial score (nSPS) is 28.0. The van der Waals surface area contributed by atoms with E-state index in [0.717, 1.165) is 32.5 Å². The van der Waals surface area contributed by atoms with Crippen LogP contribution < -0.4 is 5.32 Å². The van der Waals surface area contributed by atoms with Crippen molar-refractivity contribution in [3.05, 3.63) is 18.0 Å². The zero-order valence-electron chi connectivity index (χ0n) is 14.0. The number of rotatable bonds is 4. The van der Waals surface area contributed by atoms with Gasteiger partial charge in [0.2, 0.25) is 0 Å². The van der Waals surface area contributed by atoms with Gasteiger partial charge in [-0.25, -0.2) is 4.79 Å². The Morgan fingerprint density at radius 2 is 2.25 bits per heavy atom. The van der Waals surface area contributed by atoms with Gasteiger partial charge in [0.15, 0.2) is 0 Å². The van der Waals surface area contributed by atoms with Crippen molar-refractivity contribution in [1.82, 2.24) is 24.9 Å². The minimum absolute atomic E-state index is 0.0972. The number of urea groups is 1. The molecule has 2 aliphatic heterocycles. The first-order valence-corrected chi connectivity index (χ1v) is 8.19. The Kier molecular flexibility index (Phi) is 4.28. The minimum atomic E-state index is -0.815. The summed E-state index contributed by atoms with van der Waals surface area (Å²) in [5.41, 5.74) is -0.259.